The Bertz CT molecular complexity index is 701. The van der Waals surface area contributed by atoms with Gasteiger partial charge in [-0.2, -0.15) is 0 Å². The van der Waals surface area contributed by atoms with Crippen molar-refractivity contribution in [3.8, 4) is 0 Å². The quantitative estimate of drug-likeness (QED) is 0.398. The second-order valence-electron chi connectivity index (χ2n) is 4.83. The van der Waals surface area contributed by atoms with E-state index in [-0.39, 0.29) is 30.0 Å². The van der Waals surface area contributed by atoms with Gasteiger partial charge in [-0.25, -0.2) is 9.97 Å². The van der Waals surface area contributed by atoms with Crippen molar-refractivity contribution < 1.29 is 5.11 Å². The summed E-state index contributed by atoms with van der Waals surface area (Å²) >= 11 is 7.31. The van der Waals surface area contributed by atoms with Gasteiger partial charge >= 0.3 is 0 Å². The number of anilines is 2. The zero-order chi connectivity index (χ0) is 16.8. The molecule has 1 aromatic carbocycles. The second kappa shape index (κ2) is 8.09. The fourth-order valence-corrected chi connectivity index (χ4v) is 2.77. The molecule has 9 heteroatoms. The molecule has 1 atom stereocenters. The van der Waals surface area contributed by atoms with Gasteiger partial charge in [0.1, 0.15) is 0 Å². The van der Waals surface area contributed by atoms with Crippen molar-refractivity contribution in [2.24, 2.45) is 5.18 Å². The van der Waals surface area contributed by atoms with Crippen LogP contribution in [0.15, 0.2) is 34.6 Å². The zero-order valence-electron chi connectivity index (χ0n) is 12.4. The number of nitrogens with two attached hydrogens (primary N) is 1. The molecule has 2 aromatic rings. The molecule has 1 heterocycles. The summed E-state index contributed by atoms with van der Waals surface area (Å²) in [5, 5.41) is 15.9. The number of aliphatic hydroxyl groups is 1. The maximum atomic E-state index is 10.9. The molecule has 122 valence electrons. The van der Waals surface area contributed by atoms with Crippen LogP contribution in [0.4, 0.5) is 17.3 Å². The minimum absolute atomic E-state index is 0.00349. The van der Waals surface area contributed by atoms with Crippen molar-refractivity contribution >= 4 is 40.7 Å². The molecule has 4 N–H and O–H groups in total. The third-order valence-corrected chi connectivity index (χ3v) is 4.05. The standard InChI is InChI=1S/C14H16ClN5O2S/c1-8(6-21)17-13-11(20-22)12(16)18-14(19-13)23-7-9-3-2-4-10(15)5-9/h2-5,8,21H,6-7H2,1H3,(H3,16,17,18,19)/t8-/m1/s1. The van der Waals surface area contributed by atoms with Gasteiger partial charge in [-0.1, -0.05) is 35.5 Å². The molecule has 0 fully saturated rings. The summed E-state index contributed by atoms with van der Waals surface area (Å²) < 4.78 is 0. The molecule has 0 aliphatic carbocycles. The van der Waals surface area contributed by atoms with E-state index in [0.717, 1.165) is 5.56 Å². The van der Waals surface area contributed by atoms with Gasteiger partial charge in [-0.05, 0) is 29.8 Å². The Morgan fingerprint density at radius 1 is 1.48 bits per heavy atom. The number of nitroso groups, excluding NO2 is 1. The normalized spacial score (nSPS) is 12.0. The van der Waals surface area contributed by atoms with E-state index in [1.807, 2.05) is 18.2 Å². The summed E-state index contributed by atoms with van der Waals surface area (Å²) in [6.07, 6.45) is 0. The fraction of sp³-hybridized carbons (Fsp3) is 0.286. The van der Waals surface area contributed by atoms with Crippen LogP contribution < -0.4 is 11.1 Å². The monoisotopic (exact) mass is 353 g/mol. The Morgan fingerprint density at radius 2 is 2.26 bits per heavy atom. The summed E-state index contributed by atoms with van der Waals surface area (Å²) in [5.41, 5.74) is 6.72. The molecule has 0 spiro atoms. The molecular weight excluding hydrogens is 338 g/mol. The van der Waals surface area contributed by atoms with Crippen molar-refractivity contribution in [1.29, 1.82) is 0 Å². The van der Waals surface area contributed by atoms with Crippen LogP contribution in [0.1, 0.15) is 12.5 Å². The molecule has 0 saturated carbocycles. The van der Waals surface area contributed by atoms with Gasteiger partial charge in [0.15, 0.2) is 22.5 Å². The minimum Gasteiger partial charge on any atom is -0.394 e. The number of aliphatic hydroxyl groups excluding tert-OH is 1. The van der Waals surface area contributed by atoms with Crippen LogP contribution in [0.25, 0.3) is 0 Å². The molecular formula is C14H16ClN5O2S. The molecule has 0 unspecified atom stereocenters. The molecule has 0 aliphatic heterocycles. The van der Waals surface area contributed by atoms with E-state index in [0.29, 0.717) is 15.9 Å². The number of nitrogens with one attached hydrogen (secondary N) is 1. The molecule has 0 amide bonds. The molecule has 0 bridgehead atoms. The Morgan fingerprint density at radius 3 is 2.91 bits per heavy atom. The second-order valence-corrected chi connectivity index (χ2v) is 6.21. The van der Waals surface area contributed by atoms with E-state index in [1.54, 1.807) is 13.0 Å². The number of hydrogen-bond acceptors (Lipinski definition) is 8. The maximum absolute atomic E-state index is 10.9. The van der Waals surface area contributed by atoms with Gasteiger partial charge in [-0.3, -0.25) is 0 Å². The number of thioether (sulfide) groups is 1. The molecule has 2 rings (SSSR count). The number of rotatable bonds is 7. The van der Waals surface area contributed by atoms with Crippen LogP contribution in [0.3, 0.4) is 0 Å². The number of aromatic nitrogens is 2. The van der Waals surface area contributed by atoms with Crippen LogP contribution in [0, 0.1) is 4.91 Å². The highest BCUT2D eigenvalue weighted by molar-refractivity contribution is 7.98. The SMILES string of the molecule is C[C@H](CO)Nc1nc(SCc2cccc(Cl)c2)nc(N)c1N=O. The van der Waals surface area contributed by atoms with Gasteiger partial charge in [0.05, 0.1) is 6.61 Å². The number of hydrogen-bond donors (Lipinski definition) is 3. The fourth-order valence-electron chi connectivity index (χ4n) is 1.76. The van der Waals surface area contributed by atoms with Crippen LogP contribution in [-0.2, 0) is 5.75 Å². The summed E-state index contributed by atoms with van der Waals surface area (Å²) in [5.74, 6) is 0.807. The molecule has 0 aliphatic rings. The first kappa shape index (κ1) is 17.5. The lowest BCUT2D eigenvalue weighted by atomic mass is 10.2. The lowest BCUT2D eigenvalue weighted by Crippen LogP contribution is -2.20. The van der Waals surface area contributed by atoms with Gasteiger partial charge in [0.25, 0.3) is 0 Å². The van der Waals surface area contributed by atoms with E-state index in [9.17, 15) is 4.91 Å². The lowest BCUT2D eigenvalue weighted by Gasteiger charge is -2.14. The Labute approximate surface area is 142 Å². The van der Waals surface area contributed by atoms with E-state index in [2.05, 4.69) is 20.5 Å². The predicted octanol–water partition coefficient (Wildman–Crippen LogP) is 3.20. The average molecular weight is 354 g/mol. The highest BCUT2D eigenvalue weighted by Crippen LogP contribution is 2.32. The summed E-state index contributed by atoms with van der Waals surface area (Å²) in [4.78, 5) is 19.2. The van der Waals surface area contributed by atoms with E-state index >= 15 is 0 Å². The maximum Gasteiger partial charge on any atom is 0.192 e. The lowest BCUT2D eigenvalue weighted by molar-refractivity contribution is 0.281. The van der Waals surface area contributed by atoms with E-state index in [1.165, 1.54) is 11.8 Å². The zero-order valence-corrected chi connectivity index (χ0v) is 13.9. The third-order valence-electron chi connectivity index (χ3n) is 2.90. The van der Waals surface area contributed by atoms with Gasteiger partial charge in [0, 0.05) is 16.8 Å². The largest absolute Gasteiger partial charge is 0.394 e. The molecule has 0 radical (unpaired) electrons. The van der Waals surface area contributed by atoms with Crippen molar-refractivity contribution in [1.82, 2.24) is 9.97 Å². The molecule has 0 saturated heterocycles. The molecule has 7 nitrogen and oxygen atoms in total. The van der Waals surface area contributed by atoms with Crippen molar-refractivity contribution in [3.05, 3.63) is 39.8 Å². The highest BCUT2D eigenvalue weighted by atomic mass is 35.5. The first-order valence-corrected chi connectivity index (χ1v) is 8.15. The average Bonchev–Trinajstić information content (AvgIpc) is 2.53. The number of nitrogen functional groups attached to an aromatic ring is 1. The third kappa shape index (κ3) is 4.78. The van der Waals surface area contributed by atoms with Crippen LogP contribution in [0.2, 0.25) is 5.02 Å². The first-order valence-electron chi connectivity index (χ1n) is 6.79. The van der Waals surface area contributed by atoms with Crippen molar-refractivity contribution in [2.75, 3.05) is 17.7 Å². The van der Waals surface area contributed by atoms with E-state index < -0.39 is 0 Å². The molecule has 1 aromatic heterocycles. The number of benzene rings is 1. The summed E-state index contributed by atoms with van der Waals surface area (Å²) in [7, 11) is 0. The van der Waals surface area contributed by atoms with Crippen LogP contribution in [0.5, 0.6) is 0 Å². The van der Waals surface area contributed by atoms with E-state index in [4.69, 9.17) is 22.4 Å². The highest BCUT2D eigenvalue weighted by Gasteiger charge is 2.15. The van der Waals surface area contributed by atoms with Gasteiger partial charge in [0.2, 0.25) is 0 Å². The summed E-state index contributed by atoms with van der Waals surface area (Å²) in [6.45, 7) is 1.62. The van der Waals surface area contributed by atoms with Gasteiger partial charge in [-0.15, -0.1) is 4.91 Å². The Kier molecular flexibility index (Phi) is 6.14. The van der Waals surface area contributed by atoms with Crippen LogP contribution in [-0.4, -0.2) is 27.7 Å². The minimum atomic E-state index is -0.296. The number of halogens is 1. The molecule has 23 heavy (non-hydrogen) atoms. The van der Waals surface area contributed by atoms with Crippen molar-refractivity contribution in [2.45, 2.75) is 23.9 Å². The van der Waals surface area contributed by atoms with Crippen molar-refractivity contribution in [3.63, 3.8) is 0 Å². The van der Waals surface area contributed by atoms with Gasteiger partial charge < -0.3 is 16.2 Å². The smallest absolute Gasteiger partial charge is 0.192 e. The summed E-state index contributed by atoms with van der Waals surface area (Å²) in [6, 6.07) is 7.16. The van der Waals surface area contributed by atoms with Crippen LogP contribution >= 0.6 is 23.4 Å². The first-order chi connectivity index (χ1) is 11.0. The Hall–Kier alpha value is -1.90. The predicted molar refractivity (Wildman–Crippen MR) is 93.1 cm³/mol. The Balaban J connectivity index is 2.20. The number of nitrogens with zero attached hydrogens (tertiary/aromatic N) is 3. The topological polar surface area (TPSA) is 113 Å².